The van der Waals surface area contributed by atoms with Crippen LogP contribution >= 0.6 is 11.3 Å². The number of para-hydroxylation sites is 1. The molecule has 0 saturated heterocycles. The highest BCUT2D eigenvalue weighted by Crippen LogP contribution is 2.30. The first kappa shape index (κ1) is 29.0. The molecule has 216 valence electrons. The van der Waals surface area contributed by atoms with Crippen molar-refractivity contribution in [2.45, 2.75) is 13.5 Å². The first-order valence-corrected chi connectivity index (χ1v) is 14.2. The maximum Gasteiger partial charge on any atom is 0.271 e. The number of nitro groups is 1. The molecule has 4 aromatic carbocycles. The van der Waals surface area contributed by atoms with Crippen molar-refractivity contribution in [1.82, 2.24) is 10.4 Å². The molecule has 0 fully saturated rings. The molecule has 1 aromatic heterocycles. The zero-order chi connectivity index (χ0) is 30.0. The number of ether oxygens (including phenoxy) is 2. The number of anilines is 2. The van der Waals surface area contributed by atoms with Crippen molar-refractivity contribution in [2.75, 3.05) is 11.9 Å². The van der Waals surface area contributed by atoms with Crippen LogP contribution in [0.4, 0.5) is 16.5 Å². The van der Waals surface area contributed by atoms with Crippen LogP contribution in [0.3, 0.4) is 0 Å². The molecule has 1 heterocycles. The number of nitro benzene ring substituents is 1. The summed E-state index contributed by atoms with van der Waals surface area (Å²) in [6, 6.07) is 28.5. The third-order valence-electron chi connectivity index (χ3n) is 6.16. The van der Waals surface area contributed by atoms with Gasteiger partial charge in [0, 0.05) is 34.3 Å². The van der Waals surface area contributed by atoms with Crippen LogP contribution in [-0.2, 0) is 6.61 Å². The summed E-state index contributed by atoms with van der Waals surface area (Å²) >= 11 is 1.51. The monoisotopic (exact) mass is 593 g/mol. The minimum atomic E-state index is -0.444. The SMILES string of the molecule is CCOc1cc(/C=N\NC(=O)c2ccc(-c3csc(Nc4ccccc4)n3)cc2)ccc1OCc1ccc([N+](=O)[O-])cc1. The number of hydrogen-bond acceptors (Lipinski definition) is 9. The first-order valence-electron chi connectivity index (χ1n) is 13.3. The van der Waals surface area contributed by atoms with Crippen molar-refractivity contribution < 1.29 is 19.2 Å². The van der Waals surface area contributed by atoms with Gasteiger partial charge in [-0.05, 0) is 72.6 Å². The molecule has 43 heavy (non-hydrogen) atoms. The molecule has 11 heteroatoms. The van der Waals surface area contributed by atoms with Gasteiger partial charge in [0.05, 0.1) is 23.4 Å². The fourth-order valence-corrected chi connectivity index (χ4v) is 4.74. The fraction of sp³-hybridized carbons (Fsp3) is 0.0938. The van der Waals surface area contributed by atoms with E-state index in [9.17, 15) is 14.9 Å². The summed E-state index contributed by atoms with van der Waals surface area (Å²) in [4.78, 5) is 27.7. The molecule has 0 aliphatic rings. The van der Waals surface area contributed by atoms with Crippen LogP contribution in [0.1, 0.15) is 28.4 Å². The molecule has 0 radical (unpaired) electrons. The van der Waals surface area contributed by atoms with Crippen LogP contribution in [0.2, 0.25) is 0 Å². The average molecular weight is 594 g/mol. The molecule has 0 aliphatic heterocycles. The van der Waals surface area contributed by atoms with E-state index in [4.69, 9.17) is 9.47 Å². The number of aromatic nitrogens is 1. The summed E-state index contributed by atoms with van der Waals surface area (Å²) in [7, 11) is 0. The second kappa shape index (κ2) is 13.9. The van der Waals surface area contributed by atoms with Gasteiger partial charge in [0.2, 0.25) is 0 Å². The first-order chi connectivity index (χ1) is 21.0. The van der Waals surface area contributed by atoms with E-state index < -0.39 is 4.92 Å². The van der Waals surface area contributed by atoms with E-state index in [1.54, 1.807) is 42.5 Å². The van der Waals surface area contributed by atoms with E-state index in [0.29, 0.717) is 29.2 Å². The zero-order valence-corrected chi connectivity index (χ0v) is 23.9. The van der Waals surface area contributed by atoms with Gasteiger partial charge in [-0.2, -0.15) is 5.10 Å². The number of hydrazone groups is 1. The van der Waals surface area contributed by atoms with Crippen LogP contribution in [0, 0.1) is 10.1 Å². The summed E-state index contributed by atoms with van der Waals surface area (Å²) in [5, 5.41) is 21.0. The molecule has 10 nitrogen and oxygen atoms in total. The Bertz CT molecular complexity index is 1720. The number of thiazole rings is 1. The maximum absolute atomic E-state index is 12.7. The largest absolute Gasteiger partial charge is 0.490 e. The van der Waals surface area contributed by atoms with Crippen molar-refractivity contribution in [3.05, 3.63) is 129 Å². The Balaban J connectivity index is 1.16. The van der Waals surface area contributed by atoms with Crippen molar-refractivity contribution in [1.29, 1.82) is 0 Å². The second-order valence-electron chi connectivity index (χ2n) is 9.16. The molecule has 0 unspecified atom stereocenters. The highest BCUT2D eigenvalue weighted by molar-refractivity contribution is 7.14. The maximum atomic E-state index is 12.7. The fourth-order valence-electron chi connectivity index (χ4n) is 4.00. The van der Waals surface area contributed by atoms with E-state index in [0.717, 1.165) is 27.6 Å². The average Bonchev–Trinajstić information content (AvgIpc) is 3.50. The Morgan fingerprint density at radius 1 is 0.977 bits per heavy atom. The number of carbonyl (C=O) groups is 1. The lowest BCUT2D eigenvalue weighted by atomic mass is 10.1. The number of carbonyl (C=O) groups excluding carboxylic acids is 1. The van der Waals surface area contributed by atoms with Gasteiger partial charge in [-0.1, -0.05) is 30.3 Å². The van der Waals surface area contributed by atoms with E-state index >= 15 is 0 Å². The lowest BCUT2D eigenvalue weighted by Gasteiger charge is -2.12. The Hall–Kier alpha value is -5.55. The summed E-state index contributed by atoms with van der Waals surface area (Å²) in [6.45, 7) is 2.50. The van der Waals surface area contributed by atoms with Crippen molar-refractivity contribution in [2.24, 2.45) is 5.10 Å². The van der Waals surface area contributed by atoms with Crippen molar-refractivity contribution in [3.63, 3.8) is 0 Å². The van der Waals surface area contributed by atoms with E-state index in [1.807, 2.05) is 54.8 Å². The van der Waals surface area contributed by atoms with Gasteiger partial charge >= 0.3 is 0 Å². The molecule has 5 aromatic rings. The van der Waals surface area contributed by atoms with Crippen LogP contribution in [0.15, 0.2) is 108 Å². The Labute approximate surface area is 251 Å². The van der Waals surface area contributed by atoms with Crippen LogP contribution in [-0.4, -0.2) is 28.6 Å². The minimum absolute atomic E-state index is 0.0214. The number of benzene rings is 4. The summed E-state index contributed by atoms with van der Waals surface area (Å²) < 4.78 is 11.6. The summed E-state index contributed by atoms with van der Waals surface area (Å²) in [5.41, 5.74) is 7.20. The number of rotatable bonds is 12. The highest BCUT2D eigenvalue weighted by atomic mass is 32.1. The standard InChI is InChI=1S/C32H27N5O5S/c1-2-41-30-18-23(10-17-29(30)42-20-22-8-15-27(16-9-22)37(39)40)19-33-36-31(38)25-13-11-24(12-14-25)28-21-43-32(35-28)34-26-6-4-3-5-7-26/h3-19,21H,2,20H2,1H3,(H,34,35)(H,36,38)/b33-19-. The van der Waals surface area contributed by atoms with Gasteiger partial charge < -0.3 is 14.8 Å². The number of hydrogen-bond donors (Lipinski definition) is 2. The third kappa shape index (κ3) is 7.80. The van der Waals surface area contributed by atoms with Crippen LogP contribution in [0.25, 0.3) is 11.3 Å². The smallest absolute Gasteiger partial charge is 0.271 e. The molecule has 2 N–H and O–H groups in total. The van der Waals surface area contributed by atoms with E-state index in [2.05, 4.69) is 20.8 Å². The van der Waals surface area contributed by atoms with Crippen LogP contribution < -0.4 is 20.2 Å². The number of nitrogens with one attached hydrogen (secondary N) is 2. The van der Waals surface area contributed by atoms with Gasteiger partial charge in [0.25, 0.3) is 11.6 Å². The van der Waals surface area contributed by atoms with Gasteiger partial charge in [-0.15, -0.1) is 11.3 Å². The lowest BCUT2D eigenvalue weighted by molar-refractivity contribution is -0.384. The van der Waals surface area contributed by atoms with Gasteiger partial charge in [0.1, 0.15) is 6.61 Å². The third-order valence-corrected chi connectivity index (χ3v) is 6.92. The van der Waals surface area contributed by atoms with Gasteiger partial charge in [0.15, 0.2) is 16.6 Å². The molecule has 5 rings (SSSR count). The van der Waals surface area contributed by atoms with E-state index in [1.165, 1.54) is 29.7 Å². The summed E-state index contributed by atoms with van der Waals surface area (Å²) in [6.07, 6.45) is 1.52. The quantitative estimate of drug-likeness (QED) is 0.0889. The molecule has 0 atom stereocenters. The normalized spacial score (nSPS) is 10.8. The van der Waals surface area contributed by atoms with E-state index in [-0.39, 0.29) is 18.2 Å². The molecular formula is C32H27N5O5S. The predicted molar refractivity (Wildman–Crippen MR) is 167 cm³/mol. The molecule has 0 spiro atoms. The molecule has 0 saturated carbocycles. The van der Waals surface area contributed by atoms with Crippen molar-refractivity contribution in [3.8, 4) is 22.8 Å². The number of non-ortho nitro benzene ring substituents is 1. The Morgan fingerprint density at radius 3 is 2.47 bits per heavy atom. The van der Waals surface area contributed by atoms with Gasteiger partial charge in [-0.25, -0.2) is 10.4 Å². The lowest BCUT2D eigenvalue weighted by Crippen LogP contribution is -2.17. The second-order valence-corrected chi connectivity index (χ2v) is 10.0. The van der Waals surface area contributed by atoms with Crippen molar-refractivity contribution >= 4 is 40.0 Å². The Morgan fingerprint density at radius 2 is 1.74 bits per heavy atom. The predicted octanol–water partition coefficient (Wildman–Crippen LogP) is 7.20. The number of amides is 1. The minimum Gasteiger partial charge on any atom is -0.490 e. The molecule has 0 bridgehead atoms. The molecule has 1 amide bonds. The Kier molecular flexibility index (Phi) is 9.35. The highest BCUT2D eigenvalue weighted by Gasteiger charge is 2.10. The topological polar surface area (TPSA) is 128 Å². The van der Waals surface area contributed by atoms with Crippen LogP contribution in [0.5, 0.6) is 11.5 Å². The number of nitrogens with zero attached hydrogens (tertiary/aromatic N) is 3. The van der Waals surface area contributed by atoms with Gasteiger partial charge in [-0.3, -0.25) is 14.9 Å². The summed E-state index contributed by atoms with van der Waals surface area (Å²) in [5.74, 6) is 0.685. The molecule has 0 aliphatic carbocycles. The zero-order valence-electron chi connectivity index (χ0n) is 23.1. The molecular weight excluding hydrogens is 566 g/mol.